The largest absolute Gasteiger partial charge is 0.327 e. The third-order valence-electron chi connectivity index (χ3n) is 2.84. The predicted molar refractivity (Wildman–Crippen MR) is 41.8 cm³/mol. The van der Waals surface area contributed by atoms with Crippen molar-refractivity contribution in [1.82, 2.24) is 4.90 Å². The molecule has 58 valence electrons. The van der Waals surface area contributed by atoms with Crippen LogP contribution in [0.4, 0.5) is 0 Å². The van der Waals surface area contributed by atoms with Gasteiger partial charge in [0.05, 0.1) is 0 Å². The SMILES string of the molecule is N[C@@H]1CC[C@@H]2CCCN2C1. The first-order chi connectivity index (χ1) is 4.86. The van der Waals surface area contributed by atoms with Gasteiger partial charge >= 0.3 is 0 Å². The van der Waals surface area contributed by atoms with Gasteiger partial charge in [-0.2, -0.15) is 0 Å². The van der Waals surface area contributed by atoms with Crippen molar-refractivity contribution >= 4 is 0 Å². The van der Waals surface area contributed by atoms with E-state index in [0.717, 1.165) is 12.6 Å². The fourth-order valence-corrected chi connectivity index (χ4v) is 2.26. The first-order valence-electron chi connectivity index (χ1n) is 4.36. The lowest BCUT2D eigenvalue weighted by Gasteiger charge is -2.32. The maximum Gasteiger partial charge on any atom is 0.0168 e. The number of nitrogens with zero attached hydrogens (tertiary/aromatic N) is 1. The van der Waals surface area contributed by atoms with Crippen molar-refractivity contribution in [2.75, 3.05) is 13.1 Å². The van der Waals surface area contributed by atoms with Crippen molar-refractivity contribution in [3.63, 3.8) is 0 Å². The smallest absolute Gasteiger partial charge is 0.0168 e. The van der Waals surface area contributed by atoms with Gasteiger partial charge in [0, 0.05) is 18.6 Å². The molecule has 0 radical (unpaired) electrons. The van der Waals surface area contributed by atoms with Gasteiger partial charge in [-0.1, -0.05) is 0 Å². The normalized spacial score (nSPS) is 41.7. The molecule has 2 atom stereocenters. The zero-order chi connectivity index (χ0) is 6.97. The van der Waals surface area contributed by atoms with E-state index in [-0.39, 0.29) is 0 Å². The van der Waals surface area contributed by atoms with E-state index in [4.69, 9.17) is 5.73 Å². The standard InChI is InChI=1S/C8H16N2/c9-7-3-4-8-2-1-5-10(8)6-7/h7-8H,1-6,9H2/t7-,8+/m1/s1. The van der Waals surface area contributed by atoms with Gasteiger partial charge in [0.1, 0.15) is 0 Å². The van der Waals surface area contributed by atoms with Crippen molar-refractivity contribution in [3.05, 3.63) is 0 Å². The molecule has 2 fully saturated rings. The number of hydrogen-bond acceptors (Lipinski definition) is 2. The Balaban J connectivity index is 1.96. The summed E-state index contributed by atoms with van der Waals surface area (Å²) in [4.78, 5) is 2.56. The van der Waals surface area contributed by atoms with Crippen LogP contribution in [-0.2, 0) is 0 Å². The molecule has 0 aromatic carbocycles. The fourth-order valence-electron chi connectivity index (χ4n) is 2.26. The molecule has 2 aliphatic rings. The van der Waals surface area contributed by atoms with Crippen molar-refractivity contribution in [2.45, 2.75) is 37.8 Å². The molecular weight excluding hydrogens is 124 g/mol. The molecular formula is C8H16N2. The summed E-state index contributed by atoms with van der Waals surface area (Å²) < 4.78 is 0. The van der Waals surface area contributed by atoms with Crippen LogP contribution >= 0.6 is 0 Å². The number of rotatable bonds is 0. The van der Waals surface area contributed by atoms with Crippen LogP contribution in [0.5, 0.6) is 0 Å². The molecule has 2 saturated heterocycles. The van der Waals surface area contributed by atoms with Crippen molar-refractivity contribution < 1.29 is 0 Å². The Hall–Kier alpha value is -0.0800. The lowest BCUT2D eigenvalue weighted by atomic mass is 10.00. The third kappa shape index (κ3) is 1.06. The zero-order valence-electron chi connectivity index (χ0n) is 6.42. The second-order valence-corrected chi connectivity index (χ2v) is 3.63. The Morgan fingerprint density at radius 2 is 2.10 bits per heavy atom. The molecule has 2 heterocycles. The number of piperidine rings is 1. The van der Waals surface area contributed by atoms with Crippen LogP contribution in [0.25, 0.3) is 0 Å². The average Bonchev–Trinajstić information content (AvgIpc) is 2.33. The summed E-state index contributed by atoms with van der Waals surface area (Å²) >= 11 is 0. The van der Waals surface area contributed by atoms with E-state index in [0.29, 0.717) is 6.04 Å². The molecule has 0 aromatic rings. The second kappa shape index (κ2) is 2.51. The van der Waals surface area contributed by atoms with E-state index in [2.05, 4.69) is 4.90 Å². The highest BCUT2D eigenvalue weighted by Crippen LogP contribution is 2.25. The molecule has 0 aliphatic carbocycles. The highest BCUT2D eigenvalue weighted by Gasteiger charge is 2.29. The molecule has 10 heavy (non-hydrogen) atoms. The zero-order valence-corrected chi connectivity index (χ0v) is 6.42. The van der Waals surface area contributed by atoms with E-state index in [1.807, 2.05) is 0 Å². The quantitative estimate of drug-likeness (QED) is 0.533. The Morgan fingerprint density at radius 1 is 1.20 bits per heavy atom. The molecule has 2 rings (SSSR count). The lowest BCUT2D eigenvalue weighted by molar-refractivity contribution is 0.180. The maximum atomic E-state index is 5.85. The van der Waals surface area contributed by atoms with Gasteiger partial charge < -0.3 is 5.73 Å². The van der Waals surface area contributed by atoms with Crippen molar-refractivity contribution in [1.29, 1.82) is 0 Å². The molecule has 0 saturated carbocycles. The lowest BCUT2D eigenvalue weighted by Crippen LogP contribution is -2.45. The molecule has 0 bridgehead atoms. The summed E-state index contributed by atoms with van der Waals surface area (Å²) in [5.41, 5.74) is 5.85. The Bertz CT molecular complexity index is 124. The van der Waals surface area contributed by atoms with Crippen LogP contribution in [0.3, 0.4) is 0 Å². The summed E-state index contributed by atoms with van der Waals surface area (Å²) in [6.45, 7) is 2.46. The van der Waals surface area contributed by atoms with E-state index in [1.54, 1.807) is 0 Å². The number of fused-ring (bicyclic) bond motifs is 1. The molecule has 2 N–H and O–H groups in total. The summed E-state index contributed by atoms with van der Waals surface area (Å²) in [5.74, 6) is 0. The molecule has 2 nitrogen and oxygen atoms in total. The Labute approximate surface area is 62.4 Å². The van der Waals surface area contributed by atoms with Gasteiger partial charge in [0.25, 0.3) is 0 Å². The molecule has 0 spiro atoms. The summed E-state index contributed by atoms with van der Waals surface area (Å²) in [5, 5.41) is 0. The first-order valence-corrected chi connectivity index (χ1v) is 4.36. The minimum atomic E-state index is 0.467. The summed E-state index contributed by atoms with van der Waals surface area (Å²) in [7, 11) is 0. The first kappa shape index (κ1) is 6.62. The average molecular weight is 140 g/mol. The predicted octanol–water partition coefficient (Wildman–Crippen LogP) is 0.572. The fraction of sp³-hybridized carbons (Fsp3) is 1.00. The van der Waals surface area contributed by atoms with Crippen molar-refractivity contribution in [2.24, 2.45) is 5.73 Å². The van der Waals surface area contributed by atoms with E-state index >= 15 is 0 Å². The van der Waals surface area contributed by atoms with Gasteiger partial charge in [-0.05, 0) is 32.2 Å². The topological polar surface area (TPSA) is 29.3 Å². The van der Waals surface area contributed by atoms with Gasteiger partial charge in [-0.25, -0.2) is 0 Å². The second-order valence-electron chi connectivity index (χ2n) is 3.63. The van der Waals surface area contributed by atoms with Crippen LogP contribution < -0.4 is 5.73 Å². The molecule has 0 aromatic heterocycles. The van der Waals surface area contributed by atoms with Crippen LogP contribution in [0.15, 0.2) is 0 Å². The van der Waals surface area contributed by atoms with E-state index in [9.17, 15) is 0 Å². The summed E-state index contributed by atoms with van der Waals surface area (Å²) in [6.07, 6.45) is 5.42. The van der Waals surface area contributed by atoms with Crippen LogP contribution in [0, 0.1) is 0 Å². The minimum absolute atomic E-state index is 0.467. The van der Waals surface area contributed by atoms with Gasteiger partial charge in [-0.3, -0.25) is 4.90 Å². The highest BCUT2D eigenvalue weighted by atomic mass is 15.2. The van der Waals surface area contributed by atoms with Crippen LogP contribution in [-0.4, -0.2) is 30.1 Å². The Morgan fingerprint density at radius 3 is 3.00 bits per heavy atom. The van der Waals surface area contributed by atoms with Crippen LogP contribution in [0.1, 0.15) is 25.7 Å². The highest BCUT2D eigenvalue weighted by molar-refractivity contribution is 4.87. The minimum Gasteiger partial charge on any atom is -0.327 e. The van der Waals surface area contributed by atoms with Crippen molar-refractivity contribution in [3.8, 4) is 0 Å². The summed E-state index contributed by atoms with van der Waals surface area (Å²) in [6, 6.07) is 1.37. The molecule has 2 aliphatic heterocycles. The van der Waals surface area contributed by atoms with E-state index < -0.39 is 0 Å². The maximum absolute atomic E-state index is 5.85. The molecule has 0 unspecified atom stereocenters. The van der Waals surface area contributed by atoms with E-state index in [1.165, 1.54) is 32.2 Å². The monoisotopic (exact) mass is 140 g/mol. The Kier molecular flexibility index (Phi) is 1.66. The molecule has 0 amide bonds. The van der Waals surface area contributed by atoms with Gasteiger partial charge in [0.15, 0.2) is 0 Å². The number of nitrogens with two attached hydrogens (primary N) is 1. The molecule has 2 heteroatoms. The van der Waals surface area contributed by atoms with Gasteiger partial charge in [-0.15, -0.1) is 0 Å². The number of hydrogen-bond donors (Lipinski definition) is 1. The third-order valence-corrected chi connectivity index (χ3v) is 2.84. The van der Waals surface area contributed by atoms with Gasteiger partial charge in [0.2, 0.25) is 0 Å². The van der Waals surface area contributed by atoms with Crippen LogP contribution in [0.2, 0.25) is 0 Å².